The summed E-state index contributed by atoms with van der Waals surface area (Å²) in [6, 6.07) is 4.23. The van der Waals surface area contributed by atoms with Crippen LogP contribution in [0, 0.1) is 6.92 Å². The monoisotopic (exact) mass is 262 g/mol. The molecule has 0 radical (unpaired) electrons. The summed E-state index contributed by atoms with van der Waals surface area (Å²) in [7, 11) is 0. The minimum atomic E-state index is 0.274. The van der Waals surface area contributed by atoms with E-state index in [0.29, 0.717) is 18.4 Å². The van der Waals surface area contributed by atoms with Crippen molar-refractivity contribution >= 4 is 0 Å². The summed E-state index contributed by atoms with van der Waals surface area (Å²) in [6.07, 6.45) is 1.29. The van der Waals surface area contributed by atoms with Crippen molar-refractivity contribution in [2.75, 3.05) is 0 Å². The molecular weight excluding hydrogens is 244 g/mol. The summed E-state index contributed by atoms with van der Waals surface area (Å²) >= 11 is 0. The molecule has 2 aromatic rings. The lowest BCUT2D eigenvalue weighted by molar-refractivity contribution is 0.281. The Morgan fingerprint density at radius 2 is 2.21 bits per heavy atom. The number of aromatic nitrogens is 3. The zero-order valence-electron chi connectivity index (χ0n) is 11.4. The van der Waals surface area contributed by atoms with Gasteiger partial charge in [0.25, 0.3) is 0 Å². The van der Waals surface area contributed by atoms with E-state index in [1.54, 1.807) is 0 Å². The summed E-state index contributed by atoms with van der Waals surface area (Å²) < 4.78 is 10.3. The van der Waals surface area contributed by atoms with Crippen molar-refractivity contribution in [3.8, 4) is 5.75 Å². The Morgan fingerprint density at radius 1 is 1.37 bits per heavy atom. The SMILES string of the molecule is Cc1ccc(OCc2ncon2)c(CNC(C)C)n1. The third-order valence-electron chi connectivity index (χ3n) is 2.51. The Morgan fingerprint density at radius 3 is 2.89 bits per heavy atom. The van der Waals surface area contributed by atoms with Gasteiger partial charge in [-0.15, -0.1) is 0 Å². The van der Waals surface area contributed by atoms with E-state index in [9.17, 15) is 0 Å². The predicted octanol–water partition coefficient (Wildman–Crippen LogP) is 1.85. The quantitative estimate of drug-likeness (QED) is 0.856. The van der Waals surface area contributed by atoms with Crippen molar-refractivity contribution in [2.45, 2.75) is 40.0 Å². The van der Waals surface area contributed by atoms with Crippen molar-refractivity contribution in [3.63, 3.8) is 0 Å². The van der Waals surface area contributed by atoms with Crippen LogP contribution in [-0.2, 0) is 13.2 Å². The first-order valence-corrected chi connectivity index (χ1v) is 6.23. The highest BCUT2D eigenvalue weighted by Crippen LogP contribution is 2.18. The highest BCUT2D eigenvalue weighted by molar-refractivity contribution is 5.29. The first-order valence-electron chi connectivity index (χ1n) is 6.23. The van der Waals surface area contributed by atoms with Gasteiger partial charge in [-0.1, -0.05) is 19.0 Å². The van der Waals surface area contributed by atoms with Gasteiger partial charge in [-0.05, 0) is 19.1 Å². The number of nitrogens with zero attached hydrogens (tertiary/aromatic N) is 3. The fourth-order valence-electron chi connectivity index (χ4n) is 1.55. The van der Waals surface area contributed by atoms with Crippen LogP contribution >= 0.6 is 0 Å². The third kappa shape index (κ3) is 4.03. The molecular formula is C13H18N4O2. The Bertz CT molecular complexity index is 511. The molecule has 0 aromatic carbocycles. The molecule has 102 valence electrons. The number of hydrogen-bond acceptors (Lipinski definition) is 6. The van der Waals surface area contributed by atoms with E-state index < -0.39 is 0 Å². The van der Waals surface area contributed by atoms with E-state index in [4.69, 9.17) is 4.74 Å². The Kier molecular flexibility index (Phi) is 4.46. The molecule has 0 atom stereocenters. The number of rotatable bonds is 6. The van der Waals surface area contributed by atoms with Crippen molar-refractivity contribution in [2.24, 2.45) is 0 Å². The summed E-state index contributed by atoms with van der Waals surface area (Å²) in [5.41, 5.74) is 1.85. The maximum Gasteiger partial charge on any atom is 0.213 e. The van der Waals surface area contributed by atoms with Crippen LogP contribution in [0.2, 0.25) is 0 Å². The molecule has 0 bridgehead atoms. The van der Waals surface area contributed by atoms with Crippen molar-refractivity contribution in [1.82, 2.24) is 20.4 Å². The highest BCUT2D eigenvalue weighted by atomic mass is 16.5. The van der Waals surface area contributed by atoms with Gasteiger partial charge in [-0.25, -0.2) is 0 Å². The molecule has 0 aliphatic heterocycles. The zero-order chi connectivity index (χ0) is 13.7. The molecule has 0 aliphatic carbocycles. The smallest absolute Gasteiger partial charge is 0.213 e. The van der Waals surface area contributed by atoms with Gasteiger partial charge >= 0.3 is 0 Å². The zero-order valence-corrected chi connectivity index (χ0v) is 11.4. The minimum Gasteiger partial charge on any atom is -0.484 e. The molecule has 0 aliphatic rings. The van der Waals surface area contributed by atoms with Gasteiger partial charge in [-0.2, -0.15) is 4.98 Å². The van der Waals surface area contributed by atoms with Crippen LogP contribution in [0.5, 0.6) is 5.75 Å². The number of pyridine rings is 1. The van der Waals surface area contributed by atoms with E-state index in [1.807, 2.05) is 19.1 Å². The van der Waals surface area contributed by atoms with Crippen LogP contribution in [0.4, 0.5) is 0 Å². The van der Waals surface area contributed by atoms with Gasteiger partial charge in [0.15, 0.2) is 6.61 Å². The van der Waals surface area contributed by atoms with Gasteiger partial charge in [0.05, 0.1) is 5.69 Å². The number of ether oxygens (including phenoxy) is 1. The Balaban J connectivity index is 2.05. The van der Waals surface area contributed by atoms with E-state index in [-0.39, 0.29) is 6.61 Å². The molecule has 0 unspecified atom stereocenters. The van der Waals surface area contributed by atoms with Crippen molar-refractivity contribution < 1.29 is 9.26 Å². The lowest BCUT2D eigenvalue weighted by atomic mass is 10.2. The first-order chi connectivity index (χ1) is 9.15. The molecule has 0 spiro atoms. The third-order valence-corrected chi connectivity index (χ3v) is 2.51. The van der Waals surface area contributed by atoms with E-state index in [1.165, 1.54) is 6.39 Å². The Hall–Kier alpha value is -1.95. The average molecular weight is 262 g/mol. The predicted molar refractivity (Wildman–Crippen MR) is 69.6 cm³/mol. The molecule has 2 heterocycles. The number of aryl methyl sites for hydroxylation is 1. The molecule has 1 N–H and O–H groups in total. The summed E-state index contributed by atoms with van der Waals surface area (Å²) in [4.78, 5) is 8.41. The molecule has 2 aromatic heterocycles. The van der Waals surface area contributed by atoms with E-state index >= 15 is 0 Å². The molecule has 0 saturated carbocycles. The van der Waals surface area contributed by atoms with Crippen molar-refractivity contribution in [1.29, 1.82) is 0 Å². The van der Waals surface area contributed by atoms with Crippen LogP contribution in [0.15, 0.2) is 23.0 Å². The molecule has 6 nitrogen and oxygen atoms in total. The second kappa shape index (κ2) is 6.29. The van der Waals surface area contributed by atoms with Crippen LogP contribution in [-0.4, -0.2) is 21.2 Å². The van der Waals surface area contributed by atoms with Crippen LogP contribution in [0.3, 0.4) is 0 Å². The molecule has 0 fully saturated rings. The largest absolute Gasteiger partial charge is 0.484 e. The van der Waals surface area contributed by atoms with Crippen molar-refractivity contribution in [3.05, 3.63) is 35.7 Å². The fourth-order valence-corrected chi connectivity index (χ4v) is 1.55. The topological polar surface area (TPSA) is 73.1 Å². The maximum atomic E-state index is 5.68. The van der Waals surface area contributed by atoms with Gasteiger partial charge in [0.2, 0.25) is 12.2 Å². The van der Waals surface area contributed by atoms with Crippen LogP contribution in [0.25, 0.3) is 0 Å². The maximum absolute atomic E-state index is 5.68. The molecule has 0 amide bonds. The van der Waals surface area contributed by atoms with Gasteiger partial charge in [0, 0.05) is 18.3 Å². The average Bonchev–Trinajstić information content (AvgIpc) is 2.88. The fraction of sp³-hybridized carbons (Fsp3) is 0.462. The van der Waals surface area contributed by atoms with Gasteiger partial charge in [0.1, 0.15) is 5.75 Å². The second-order valence-electron chi connectivity index (χ2n) is 4.57. The molecule has 2 rings (SSSR count). The molecule has 19 heavy (non-hydrogen) atoms. The summed E-state index contributed by atoms with van der Waals surface area (Å²) in [5, 5.41) is 7.04. The lowest BCUT2D eigenvalue weighted by Gasteiger charge is -2.12. The van der Waals surface area contributed by atoms with Crippen LogP contribution < -0.4 is 10.1 Å². The summed E-state index contributed by atoms with van der Waals surface area (Å²) in [5.74, 6) is 1.26. The molecule has 0 saturated heterocycles. The highest BCUT2D eigenvalue weighted by Gasteiger charge is 2.08. The molecule has 6 heteroatoms. The van der Waals surface area contributed by atoms with Crippen LogP contribution in [0.1, 0.15) is 31.1 Å². The van der Waals surface area contributed by atoms with Gasteiger partial charge < -0.3 is 14.6 Å². The number of hydrogen-bond donors (Lipinski definition) is 1. The summed E-state index contributed by atoms with van der Waals surface area (Å²) in [6.45, 7) is 7.09. The Labute approximate surface area is 112 Å². The van der Waals surface area contributed by atoms with E-state index in [2.05, 4.69) is 38.8 Å². The number of nitrogens with one attached hydrogen (secondary N) is 1. The minimum absolute atomic E-state index is 0.274. The second-order valence-corrected chi connectivity index (χ2v) is 4.57. The standard InChI is InChI=1S/C13H18N4O2/c1-9(2)14-6-11-12(5-4-10(3)16-11)18-7-13-15-8-19-17-13/h4-5,8-9,14H,6-7H2,1-3H3. The first kappa shape index (κ1) is 13.5. The normalized spacial score (nSPS) is 10.9. The van der Waals surface area contributed by atoms with Gasteiger partial charge in [-0.3, -0.25) is 4.98 Å². The van der Waals surface area contributed by atoms with E-state index in [0.717, 1.165) is 17.1 Å². The lowest BCUT2D eigenvalue weighted by Crippen LogP contribution is -2.23.